The Hall–Kier alpha value is -6.78. The summed E-state index contributed by atoms with van der Waals surface area (Å²) in [5.41, 5.74) is 6.95. The van der Waals surface area contributed by atoms with E-state index in [1.54, 1.807) is 0 Å². The Balaban J connectivity index is 1.19. The van der Waals surface area contributed by atoms with Gasteiger partial charge in [0.25, 0.3) is 0 Å². The summed E-state index contributed by atoms with van der Waals surface area (Å²) < 4.78 is 1.52. The fourth-order valence-electron chi connectivity index (χ4n) is 9.35. The monoisotopic (exact) mass is 805 g/mol. The van der Waals surface area contributed by atoms with E-state index in [1.165, 1.54) is 81.7 Å². The molecule has 11 rings (SSSR count). The fraction of sp³-hybridized carbons (Fsp3) is 0.0182. The van der Waals surface area contributed by atoms with Crippen LogP contribution in [0, 0.1) is 0 Å². The van der Waals surface area contributed by atoms with Gasteiger partial charge in [0.2, 0.25) is 0 Å². The van der Waals surface area contributed by atoms with Gasteiger partial charge in [-0.05, 0) is 103 Å². The standard InChI is InChI=1S/C55H38BrN2/c1-58(54-35-38-15-3-6-18-45(38)48-21-9-12-24-51(48)54,55-36-39-16-4-7-19-46(39)49-22-10-13-25-52(49)55)43-32-30-42(31-33-43)57(41-28-26-40(56)27-29-41)53-34-37-14-2-5-17-44(37)47-20-8-11-23-50(47)53/h2-36H,1H3/q+1. The topological polar surface area (TPSA) is 3.24 Å². The molecule has 0 bridgehead atoms. The predicted molar refractivity (Wildman–Crippen MR) is 254 cm³/mol. The molecule has 11 aromatic rings. The molecule has 0 amide bonds. The molecule has 0 aromatic heterocycles. The maximum absolute atomic E-state index is 3.70. The van der Waals surface area contributed by atoms with Gasteiger partial charge in [-0.2, -0.15) is 0 Å². The van der Waals surface area contributed by atoms with Crippen LogP contribution in [0.4, 0.5) is 34.1 Å². The van der Waals surface area contributed by atoms with Gasteiger partial charge in [0.15, 0.2) is 11.4 Å². The highest BCUT2D eigenvalue weighted by Gasteiger charge is 2.36. The second-order valence-corrected chi connectivity index (χ2v) is 16.2. The van der Waals surface area contributed by atoms with Crippen LogP contribution >= 0.6 is 15.9 Å². The van der Waals surface area contributed by atoms with Gasteiger partial charge in [-0.3, -0.25) is 0 Å². The quantitative estimate of drug-likeness (QED) is 0.119. The zero-order valence-electron chi connectivity index (χ0n) is 32.0. The maximum atomic E-state index is 3.70. The number of benzene rings is 11. The van der Waals surface area contributed by atoms with E-state index in [-0.39, 0.29) is 0 Å². The van der Waals surface area contributed by atoms with Gasteiger partial charge in [-0.1, -0.05) is 149 Å². The Morgan fingerprint density at radius 1 is 0.345 bits per heavy atom. The molecule has 0 N–H and O–H groups in total. The van der Waals surface area contributed by atoms with Crippen molar-refractivity contribution in [1.82, 2.24) is 4.48 Å². The van der Waals surface area contributed by atoms with Crippen LogP contribution in [0.2, 0.25) is 0 Å². The minimum absolute atomic E-state index is 0.466. The van der Waals surface area contributed by atoms with Crippen molar-refractivity contribution in [3.63, 3.8) is 0 Å². The zero-order valence-corrected chi connectivity index (χ0v) is 33.6. The molecule has 2 nitrogen and oxygen atoms in total. The fourth-order valence-corrected chi connectivity index (χ4v) is 9.62. The number of anilines is 3. The van der Waals surface area contributed by atoms with Gasteiger partial charge in [-0.15, -0.1) is 0 Å². The van der Waals surface area contributed by atoms with E-state index >= 15 is 0 Å². The average Bonchev–Trinajstić information content (AvgIpc) is 3.29. The lowest BCUT2D eigenvalue weighted by Gasteiger charge is -2.36. The van der Waals surface area contributed by atoms with E-state index < -0.39 is 0 Å². The van der Waals surface area contributed by atoms with E-state index in [9.17, 15) is 0 Å². The molecule has 0 heterocycles. The summed E-state index contributed by atoms with van der Waals surface area (Å²) >= 11 is 3.70. The van der Waals surface area contributed by atoms with Crippen LogP contribution in [0.1, 0.15) is 0 Å². The lowest BCUT2D eigenvalue weighted by molar-refractivity contribution is 0.638. The Morgan fingerprint density at radius 2 is 0.690 bits per heavy atom. The molecule has 3 heteroatoms. The van der Waals surface area contributed by atoms with Crippen molar-refractivity contribution in [1.29, 1.82) is 0 Å². The van der Waals surface area contributed by atoms with E-state index in [0.717, 1.165) is 21.5 Å². The largest absolute Gasteiger partial charge is 0.310 e. The minimum Gasteiger partial charge on any atom is -0.310 e. The number of quaternary nitrogens is 1. The van der Waals surface area contributed by atoms with Crippen LogP contribution in [-0.2, 0) is 0 Å². The van der Waals surface area contributed by atoms with Crippen molar-refractivity contribution in [3.05, 3.63) is 217 Å². The molecular weight excluding hydrogens is 769 g/mol. The van der Waals surface area contributed by atoms with E-state index in [0.29, 0.717) is 4.48 Å². The van der Waals surface area contributed by atoms with E-state index in [4.69, 9.17) is 0 Å². The van der Waals surface area contributed by atoms with Gasteiger partial charge in [0, 0.05) is 56.3 Å². The number of halogens is 1. The normalized spacial score (nSPS) is 12.0. The Kier molecular flexibility index (Phi) is 8.14. The summed E-state index contributed by atoms with van der Waals surface area (Å²) in [5, 5.41) is 14.9. The molecule has 0 aliphatic carbocycles. The number of hydrogen-bond donors (Lipinski definition) is 0. The third-order valence-electron chi connectivity index (χ3n) is 12.2. The van der Waals surface area contributed by atoms with Crippen LogP contribution in [0.25, 0.3) is 64.6 Å². The molecule has 0 saturated heterocycles. The summed E-state index contributed by atoms with van der Waals surface area (Å²) in [4.78, 5) is 2.41. The van der Waals surface area contributed by atoms with E-state index in [2.05, 4.69) is 240 Å². The lowest BCUT2D eigenvalue weighted by atomic mass is 9.95. The molecule has 0 fully saturated rings. The van der Waals surface area contributed by atoms with Crippen molar-refractivity contribution in [2.45, 2.75) is 0 Å². The number of nitrogens with zero attached hydrogens (tertiary/aromatic N) is 2. The third-order valence-corrected chi connectivity index (χ3v) is 12.7. The predicted octanol–water partition coefficient (Wildman–Crippen LogP) is 16.4. The first-order valence-electron chi connectivity index (χ1n) is 19.8. The molecule has 0 unspecified atom stereocenters. The molecule has 0 spiro atoms. The number of fused-ring (bicyclic) bond motifs is 9. The molecule has 11 aromatic carbocycles. The van der Waals surface area contributed by atoms with Gasteiger partial charge >= 0.3 is 0 Å². The second-order valence-electron chi connectivity index (χ2n) is 15.3. The molecule has 58 heavy (non-hydrogen) atoms. The van der Waals surface area contributed by atoms with Crippen LogP contribution in [0.15, 0.2) is 217 Å². The number of rotatable bonds is 6. The molecule has 274 valence electrons. The SMILES string of the molecule is C[N+](c1ccc(N(c2ccc(Br)cc2)c2cc3ccccc3c3ccccc23)cc1)(c1cc2ccccc2c2ccccc12)c1cc2ccccc2c2ccccc12. The minimum atomic E-state index is 0.466. The highest BCUT2D eigenvalue weighted by Crippen LogP contribution is 2.51. The first kappa shape index (κ1) is 34.5. The summed E-state index contributed by atoms with van der Waals surface area (Å²) in [6.07, 6.45) is 0. The number of hydrogen-bond acceptors (Lipinski definition) is 1. The summed E-state index contributed by atoms with van der Waals surface area (Å²) in [6, 6.07) is 78.1. The average molecular weight is 807 g/mol. The van der Waals surface area contributed by atoms with Gasteiger partial charge < -0.3 is 4.90 Å². The van der Waals surface area contributed by atoms with Crippen LogP contribution < -0.4 is 9.38 Å². The van der Waals surface area contributed by atoms with Crippen molar-refractivity contribution < 1.29 is 0 Å². The van der Waals surface area contributed by atoms with Crippen molar-refractivity contribution >= 4 is 115 Å². The van der Waals surface area contributed by atoms with Crippen molar-refractivity contribution in [2.75, 3.05) is 11.9 Å². The lowest BCUT2D eigenvalue weighted by Crippen LogP contribution is -2.34. The summed E-state index contributed by atoms with van der Waals surface area (Å²) in [5.74, 6) is 0. The maximum Gasteiger partial charge on any atom is 0.151 e. The second kappa shape index (κ2) is 13.7. The summed E-state index contributed by atoms with van der Waals surface area (Å²) in [7, 11) is 2.38. The molecule has 0 radical (unpaired) electrons. The smallest absolute Gasteiger partial charge is 0.151 e. The Bertz CT molecular complexity index is 3250. The molecule has 0 atom stereocenters. The highest BCUT2D eigenvalue weighted by atomic mass is 79.9. The van der Waals surface area contributed by atoms with Crippen LogP contribution in [-0.4, -0.2) is 7.05 Å². The van der Waals surface area contributed by atoms with Gasteiger partial charge in [-0.25, -0.2) is 4.48 Å². The van der Waals surface area contributed by atoms with Gasteiger partial charge in [0.1, 0.15) is 5.69 Å². The first-order chi connectivity index (χ1) is 28.6. The van der Waals surface area contributed by atoms with Crippen molar-refractivity contribution in [3.8, 4) is 0 Å². The van der Waals surface area contributed by atoms with Crippen LogP contribution in [0.5, 0.6) is 0 Å². The van der Waals surface area contributed by atoms with Crippen LogP contribution in [0.3, 0.4) is 0 Å². The van der Waals surface area contributed by atoms with Crippen molar-refractivity contribution in [2.24, 2.45) is 0 Å². The molecule has 0 saturated carbocycles. The molecular formula is C55H38BrN2+. The third kappa shape index (κ3) is 5.43. The molecule has 0 aliphatic heterocycles. The summed E-state index contributed by atoms with van der Waals surface area (Å²) in [6.45, 7) is 0. The van der Waals surface area contributed by atoms with E-state index in [1.807, 2.05) is 0 Å². The van der Waals surface area contributed by atoms with Gasteiger partial charge in [0.05, 0.1) is 12.7 Å². The Morgan fingerprint density at radius 3 is 1.16 bits per heavy atom. The Labute approximate surface area is 346 Å². The molecule has 0 aliphatic rings. The highest BCUT2D eigenvalue weighted by molar-refractivity contribution is 9.10. The zero-order chi connectivity index (χ0) is 38.8. The first-order valence-corrected chi connectivity index (χ1v) is 20.6.